The molecule has 0 atom stereocenters. The smallest absolute Gasteiger partial charge is 0.142 e. The summed E-state index contributed by atoms with van der Waals surface area (Å²) in [6, 6.07) is 17.9. The Kier molecular flexibility index (Phi) is 4.59. The average Bonchev–Trinajstić information content (AvgIpc) is 2.61. The monoisotopic (exact) mass is 364 g/mol. The molecule has 0 amide bonds. The van der Waals surface area contributed by atoms with Crippen molar-refractivity contribution in [2.45, 2.75) is 0 Å². The second kappa shape index (κ2) is 6.83. The molecule has 0 fully saturated rings. The van der Waals surface area contributed by atoms with Crippen LogP contribution in [0.5, 0.6) is 0 Å². The highest BCUT2D eigenvalue weighted by Gasteiger charge is 2.15. The first-order valence-electron chi connectivity index (χ1n) is 7.20. The molecule has 6 heteroatoms. The zero-order chi connectivity index (χ0) is 18.0. The van der Waals surface area contributed by atoms with Crippen LogP contribution in [0.2, 0.25) is 10.0 Å². The number of halogens is 2. The minimum Gasteiger partial charge on any atom is -0.383 e. The van der Waals surface area contributed by atoms with Gasteiger partial charge in [0.05, 0.1) is 22.3 Å². The van der Waals surface area contributed by atoms with Gasteiger partial charge in [-0.2, -0.15) is 10.5 Å². The zero-order valence-corrected chi connectivity index (χ0v) is 14.3. The van der Waals surface area contributed by atoms with Crippen LogP contribution < -0.4 is 5.73 Å². The molecule has 0 bridgehead atoms. The van der Waals surface area contributed by atoms with E-state index in [9.17, 15) is 5.26 Å². The lowest BCUT2D eigenvalue weighted by molar-refractivity contribution is 1.31. The Morgan fingerprint density at radius 3 is 2.20 bits per heavy atom. The van der Waals surface area contributed by atoms with Gasteiger partial charge >= 0.3 is 0 Å². The van der Waals surface area contributed by atoms with E-state index >= 15 is 0 Å². The van der Waals surface area contributed by atoms with Gasteiger partial charge in [0, 0.05) is 16.1 Å². The number of nitrogen functional groups attached to an aromatic ring is 1. The fourth-order valence-electron chi connectivity index (χ4n) is 2.47. The summed E-state index contributed by atoms with van der Waals surface area (Å²) in [5, 5.41) is 19.3. The molecule has 0 aliphatic rings. The zero-order valence-electron chi connectivity index (χ0n) is 12.8. The fraction of sp³-hybridized carbons (Fsp3) is 0. The predicted octanol–water partition coefficient (Wildman–Crippen LogP) is 5.05. The van der Waals surface area contributed by atoms with Crippen LogP contribution in [0.25, 0.3) is 22.4 Å². The molecule has 0 saturated heterocycles. The first kappa shape index (κ1) is 16.8. The Morgan fingerprint density at radius 2 is 1.60 bits per heavy atom. The summed E-state index contributed by atoms with van der Waals surface area (Å²) in [5.74, 6) is 0.116. The van der Waals surface area contributed by atoms with Crippen LogP contribution in [0.3, 0.4) is 0 Å². The third-order valence-corrected chi connectivity index (χ3v) is 4.24. The molecule has 120 valence electrons. The molecule has 3 aromatic rings. The molecule has 3 rings (SSSR count). The van der Waals surface area contributed by atoms with Crippen molar-refractivity contribution in [3.8, 4) is 34.5 Å². The second-order valence-electron chi connectivity index (χ2n) is 5.24. The molecule has 0 saturated carbocycles. The molecule has 0 unspecified atom stereocenters. The molecule has 1 heterocycles. The summed E-state index contributed by atoms with van der Waals surface area (Å²) in [6.07, 6.45) is 0. The first-order valence-corrected chi connectivity index (χ1v) is 7.95. The molecule has 2 aromatic carbocycles. The number of nitrogens with two attached hydrogens (primary N) is 1. The number of hydrogen-bond acceptors (Lipinski definition) is 4. The summed E-state index contributed by atoms with van der Waals surface area (Å²) in [5.41, 5.74) is 9.39. The van der Waals surface area contributed by atoms with Crippen LogP contribution in [-0.2, 0) is 0 Å². The maximum Gasteiger partial charge on any atom is 0.142 e. The minimum absolute atomic E-state index is 0.116. The normalized spacial score (nSPS) is 10.1. The summed E-state index contributed by atoms with van der Waals surface area (Å²) < 4.78 is 0. The second-order valence-corrected chi connectivity index (χ2v) is 6.08. The maximum absolute atomic E-state index is 9.45. The number of anilines is 1. The van der Waals surface area contributed by atoms with Crippen molar-refractivity contribution in [3.63, 3.8) is 0 Å². The van der Waals surface area contributed by atoms with Crippen molar-refractivity contribution in [2.24, 2.45) is 0 Å². The highest BCUT2D eigenvalue weighted by Crippen LogP contribution is 2.35. The Morgan fingerprint density at radius 1 is 0.880 bits per heavy atom. The molecule has 25 heavy (non-hydrogen) atoms. The van der Waals surface area contributed by atoms with Crippen LogP contribution in [-0.4, -0.2) is 4.98 Å². The van der Waals surface area contributed by atoms with E-state index in [4.69, 9.17) is 34.2 Å². The largest absolute Gasteiger partial charge is 0.383 e. The minimum atomic E-state index is 0.116. The van der Waals surface area contributed by atoms with E-state index in [1.165, 1.54) is 0 Å². The van der Waals surface area contributed by atoms with E-state index in [2.05, 4.69) is 17.1 Å². The number of nitrogens with zero attached hydrogens (tertiary/aromatic N) is 3. The Labute approximate surface area is 154 Å². The molecule has 2 N–H and O–H groups in total. The van der Waals surface area contributed by atoms with Crippen molar-refractivity contribution >= 4 is 29.0 Å². The number of rotatable bonds is 2. The maximum atomic E-state index is 9.45. The lowest BCUT2D eigenvalue weighted by Gasteiger charge is -2.11. The van der Waals surface area contributed by atoms with E-state index in [1.54, 1.807) is 48.5 Å². The third-order valence-electron chi connectivity index (χ3n) is 3.69. The highest BCUT2D eigenvalue weighted by atomic mass is 35.5. The predicted molar refractivity (Wildman–Crippen MR) is 99.0 cm³/mol. The van der Waals surface area contributed by atoms with Gasteiger partial charge in [0.1, 0.15) is 17.5 Å². The molecule has 4 nitrogen and oxygen atoms in total. The van der Waals surface area contributed by atoms with Crippen LogP contribution in [0.15, 0.2) is 48.5 Å². The molecule has 0 aliphatic heterocycles. The van der Waals surface area contributed by atoms with Gasteiger partial charge in [0.25, 0.3) is 0 Å². The molecular formula is C19H10Cl2N4. The Bertz CT molecular complexity index is 1040. The third kappa shape index (κ3) is 3.27. The van der Waals surface area contributed by atoms with E-state index in [1.807, 2.05) is 0 Å². The quantitative estimate of drug-likeness (QED) is 0.689. The van der Waals surface area contributed by atoms with Crippen molar-refractivity contribution in [2.75, 3.05) is 5.73 Å². The van der Waals surface area contributed by atoms with Crippen molar-refractivity contribution in [3.05, 3.63) is 69.7 Å². The van der Waals surface area contributed by atoms with Gasteiger partial charge in [-0.1, -0.05) is 35.3 Å². The number of aromatic nitrogens is 1. The molecule has 0 radical (unpaired) electrons. The molecule has 1 aromatic heterocycles. The number of nitriles is 2. The van der Waals surface area contributed by atoms with Crippen LogP contribution in [0.1, 0.15) is 11.1 Å². The standard InChI is InChI=1S/C19H10Cl2N4/c20-13-5-6-14(17(21)7-13)18-8-15(16(10-23)19(24)25-18)12-3-1-11(9-22)2-4-12/h1-8H,(H2,24,25). The van der Waals surface area contributed by atoms with Gasteiger partial charge in [-0.3, -0.25) is 0 Å². The molecule has 0 aliphatic carbocycles. The SMILES string of the molecule is N#Cc1ccc(-c2cc(-c3ccc(Cl)cc3Cl)nc(N)c2C#N)cc1. The summed E-state index contributed by atoms with van der Waals surface area (Å²) in [7, 11) is 0. The van der Waals surface area contributed by atoms with E-state index in [0.29, 0.717) is 32.4 Å². The van der Waals surface area contributed by atoms with Gasteiger partial charge in [-0.05, 0) is 42.0 Å². The first-order chi connectivity index (χ1) is 12.0. The topological polar surface area (TPSA) is 86.5 Å². The molecular weight excluding hydrogens is 355 g/mol. The fourth-order valence-corrected chi connectivity index (χ4v) is 2.97. The van der Waals surface area contributed by atoms with Gasteiger partial charge in [0.2, 0.25) is 0 Å². The summed E-state index contributed by atoms with van der Waals surface area (Å²) >= 11 is 12.2. The number of benzene rings is 2. The van der Waals surface area contributed by atoms with E-state index in [0.717, 1.165) is 5.56 Å². The van der Waals surface area contributed by atoms with E-state index in [-0.39, 0.29) is 11.4 Å². The van der Waals surface area contributed by atoms with Crippen LogP contribution in [0.4, 0.5) is 5.82 Å². The van der Waals surface area contributed by atoms with Crippen molar-refractivity contribution < 1.29 is 0 Å². The Balaban J connectivity index is 2.22. The van der Waals surface area contributed by atoms with Gasteiger partial charge in [-0.15, -0.1) is 0 Å². The van der Waals surface area contributed by atoms with Gasteiger partial charge in [-0.25, -0.2) is 4.98 Å². The lowest BCUT2D eigenvalue weighted by Crippen LogP contribution is -2.00. The van der Waals surface area contributed by atoms with Crippen molar-refractivity contribution in [1.82, 2.24) is 4.98 Å². The molecule has 0 spiro atoms. The van der Waals surface area contributed by atoms with Crippen LogP contribution >= 0.6 is 23.2 Å². The van der Waals surface area contributed by atoms with E-state index < -0.39 is 0 Å². The Hall–Kier alpha value is -3.05. The summed E-state index contributed by atoms with van der Waals surface area (Å²) in [6.45, 7) is 0. The average molecular weight is 365 g/mol. The van der Waals surface area contributed by atoms with Crippen molar-refractivity contribution in [1.29, 1.82) is 10.5 Å². The van der Waals surface area contributed by atoms with Gasteiger partial charge in [0.15, 0.2) is 0 Å². The lowest BCUT2D eigenvalue weighted by atomic mass is 9.97. The van der Waals surface area contributed by atoms with Gasteiger partial charge < -0.3 is 5.73 Å². The summed E-state index contributed by atoms with van der Waals surface area (Å²) in [4.78, 5) is 4.30. The number of hydrogen-bond donors (Lipinski definition) is 1. The highest BCUT2D eigenvalue weighted by molar-refractivity contribution is 6.36. The van der Waals surface area contributed by atoms with Crippen LogP contribution in [0, 0.1) is 22.7 Å². The number of pyridine rings is 1.